The van der Waals surface area contributed by atoms with Crippen LogP contribution >= 0.6 is 0 Å². The number of carbonyl (C=O) groups excluding carboxylic acids is 2. The van der Waals surface area contributed by atoms with Crippen molar-refractivity contribution in [1.29, 1.82) is 0 Å². The Morgan fingerprint density at radius 1 is 0.857 bits per heavy atom. The summed E-state index contributed by atoms with van der Waals surface area (Å²) < 4.78 is 5.43. The SMILES string of the molecule is O=C(c1ccc(-c2ccco2)cc1)N1CCC2(CC1)CC2C(=O)N1CCN(c2ccccn2)CC1. The Balaban J connectivity index is 1.01. The van der Waals surface area contributed by atoms with E-state index in [1.807, 2.05) is 70.6 Å². The van der Waals surface area contributed by atoms with Gasteiger partial charge in [0, 0.05) is 62.5 Å². The molecule has 3 fully saturated rings. The van der Waals surface area contributed by atoms with Gasteiger partial charge in [0.25, 0.3) is 5.91 Å². The van der Waals surface area contributed by atoms with Gasteiger partial charge in [0.15, 0.2) is 0 Å². The number of aromatic nitrogens is 1. The van der Waals surface area contributed by atoms with Gasteiger partial charge in [-0.2, -0.15) is 0 Å². The molecule has 2 amide bonds. The van der Waals surface area contributed by atoms with Crippen molar-refractivity contribution in [1.82, 2.24) is 14.8 Å². The van der Waals surface area contributed by atoms with Crippen LogP contribution in [0, 0.1) is 11.3 Å². The second kappa shape index (κ2) is 8.87. The first kappa shape index (κ1) is 21.9. The maximum Gasteiger partial charge on any atom is 0.253 e. The Morgan fingerprint density at radius 3 is 2.29 bits per heavy atom. The number of amides is 2. The molecule has 7 nitrogen and oxygen atoms in total. The van der Waals surface area contributed by atoms with Crippen LogP contribution in [0.25, 0.3) is 11.3 Å². The Bertz CT molecular complexity index is 1180. The summed E-state index contributed by atoms with van der Waals surface area (Å²) in [6, 6.07) is 17.3. The zero-order valence-corrected chi connectivity index (χ0v) is 19.8. The van der Waals surface area contributed by atoms with Gasteiger partial charge in [-0.3, -0.25) is 9.59 Å². The average molecular weight is 471 g/mol. The van der Waals surface area contributed by atoms with E-state index in [0.29, 0.717) is 11.5 Å². The van der Waals surface area contributed by atoms with Crippen molar-refractivity contribution in [2.75, 3.05) is 44.2 Å². The summed E-state index contributed by atoms with van der Waals surface area (Å²) in [5, 5.41) is 0. The molecule has 2 aliphatic heterocycles. The number of furan rings is 1. The first-order valence-corrected chi connectivity index (χ1v) is 12.5. The van der Waals surface area contributed by atoms with Gasteiger partial charge in [0.1, 0.15) is 11.6 Å². The minimum atomic E-state index is 0.0695. The van der Waals surface area contributed by atoms with Crippen LogP contribution in [0.3, 0.4) is 0 Å². The van der Waals surface area contributed by atoms with Gasteiger partial charge in [-0.15, -0.1) is 0 Å². The molecule has 0 bridgehead atoms. The molecule has 2 aromatic heterocycles. The number of piperazine rings is 1. The molecule has 1 aromatic carbocycles. The van der Waals surface area contributed by atoms with Crippen molar-refractivity contribution in [3.63, 3.8) is 0 Å². The van der Waals surface area contributed by atoms with E-state index in [1.165, 1.54) is 0 Å². The molecule has 4 heterocycles. The molecule has 1 aliphatic carbocycles. The van der Waals surface area contributed by atoms with Gasteiger partial charge in [-0.1, -0.05) is 18.2 Å². The van der Waals surface area contributed by atoms with Gasteiger partial charge in [-0.05, 0) is 61.1 Å². The van der Waals surface area contributed by atoms with E-state index in [0.717, 1.165) is 75.7 Å². The lowest BCUT2D eigenvalue weighted by Crippen LogP contribution is -2.50. The minimum Gasteiger partial charge on any atom is -0.464 e. The van der Waals surface area contributed by atoms with Crippen molar-refractivity contribution >= 4 is 17.6 Å². The second-order valence-corrected chi connectivity index (χ2v) is 9.97. The summed E-state index contributed by atoms with van der Waals surface area (Å²) in [7, 11) is 0. The molecule has 0 N–H and O–H groups in total. The van der Waals surface area contributed by atoms with Crippen LogP contribution in [0.4, 0.5) is 5.82 Å². The van der Waals surface area contributed by atoms with Crippen LogP contribution in [0.2, 0.25) is 0 Å². The summed E-state index contributed by atoms with van der Waals surface area (Å²) in [5.41, 5.74) is 1.75. The number of nitrogens with zero attached hydrogens (tertiary/aromatic N) is 4. The molecule has 1 unspecified atom stereocenters. The fourth-order valence-corrected chi connectivity index (χ4v) is 5.72. The Labute approximate surface area is 205 Å². The van der Waals surface area contributed by atoms with Crippen molar-refractivity contribution in [2.24, 2.45) is 11.3 Å². The third-order valence-electron chi connectivity index (χ3n) is 8.04. The van der Waals surface area contributed by atoms with Crippen LogP contribution < -0.4 is 4.90 Å². The molecule has 35 heavy (non-hydrogen) atoms. The molecule has 0 radical (unpaired) electrons. The zero-order chi connectivity index (χ0) is 23.8. The Kier molecular flexibility index (Phi) is 5.55. The van der Waals surface area contributed by atoms with E-state index >= 15 is 0 Å². The van der Waals surface area contributed by atoms with E-state index in [9.17, 15) is 9.59 Å². The van der Waals surface area contributed by atoms with Gasteiger partial charge in [0.2, 0.25) is 5.91 Å². The van der Waals surface area contributed by atoms with Gasteiger partial charge >= 0.3 is 0 Å². The molecule has 1 saturated carbocycles. The molecule has 180 valence electrons. The van der Waals surface area contributed by atoms with Gasteiger partial charge in [-0.25, -0.2) is 4.98 Å². The molecule has 3 aliphatic rings. The third kappa shape index (κ3) is 4.20. The summed E-state index contributed by atoms with van der Waals surface area (Å²) in [5.74, 6) is 2.27. The van der Waals surface area contributed by atoms with Crippen LogP contribution in [0.1, 0.15) is 29.6 Å². The van der Waals surface area contributed by atoms with Crippen molar-refractivity contribution in [2.45, 2.75) is 19.3 Å². The highest BCUT2D eigenvalue weighted by molar-refractivity contribution is 5.94. The smallest absolute Gasteiger partial charge is 0.253 e. The number of piperidine rings is 1. The molecule has 7 heteroatoms. The molecular formula is C28H30N4O3. The zero-order valence-electron chi connectivity index (χ0n) is 19.8. The van der Waals surface area contributed by atoms with Crippen LogP contribution in [-0.4, -0.2) is 65.9 Å². The molecule has 2 saturated heterocycles. The van der Waals surface area contributed by atoms with E-state index in [1.54, 1.807) is 6.26 Å². The fourth-order valence-electron chi connectivity index (χ4n) is 5.72. The van der Waals surface area contributed by atoms with E-state index in [2.05, 4.69) is 9.88 Å². The van der Waals surface area contributed by atoms with Gasteiger partial charge in [0.05, 0.1) is 6.26 Å². The minimum absolute atomic E-state index is 0.0695. The lowest BCUT2D eigenvalue weighted by molar-refractivity contribution is -0.134. The summed E-state index contributed by atoms with van der Waals surface area (Å²) in [6.07, 6.45) is 6.25. The van der Waals surface area contributed by atoms with E-state index in [-0.39, 0.29) is 17.2 Å². The van der Waals surface area contributed by atoms with Crippen molar-refractivity contribution in [3.8, 4) is 11.3 Å². The van der Waals surface area contributed by atoms with Crippen LogP contribution in [0.5, 0.6) is 0 Å². The number of benzene rings is 1. The maximum absolute atomic E-state index is 13.2. The van der Waals surface area contributed by atoms with Crippen LogP contribution in [0.15, 0.2) is 71.5 Å². The lowest BCUT2D eigenvalue weighted by Gasteiger charge is -2.37. The van der Waals surface area contributed by atoms with Crippen LogP contribution in [-0.2, 0) is 4.79 Å². The summed E-state index contributed by atoms with van der Waals surface area (Å²) >= 11 is 0. The monoisotopic (exact) mass is 470 g/mol. The highest BCUT2D eigenvalue weighted by Gasteiger charge is 2.59. The number of hydrogen-bond acceptors (Lipinski definition) is 5. The largest absolute Gasteiger partial charge is 0.464 e. The second-order valence-electron chi connectivity index (χ2n) is 9.97. The Morgan fingerprint density at radius 2 is 1.63 bits per heavy atom. The van der Waals surface area contributed by atoms with E-state index < -0.39 is 0 Å². The summed E-state index contributed by atoms with van der Waals surface area (Å²) in [6.45, 7) is 4.58. The Hall–Kier alpha value is -3.61. The lowest BCUT2D eigenvalue weighted by atomic mass is 9.90. The predicted octanol–water partition coefficient (Wildman–Crippen LogP) is 3.93. The number of likely N-dealkylation sites (tertiary alicyclic amines) is 1. The number of anilines is 1. The first-order valence-electron chi connectivity index (χ1n) is 12.5. The number of carbonyl (C=O) groups is 2. The number of hydrogen-bond donors (Lipinski definition) is 0. The first-order chi connectivity index (χ1) is 17.1. The molecule has 1 spiro atoms. The van der Waals surface area contributed by atoms with Crippen molar-refractivity contribution in [3.05, 3.63) is 72.6 Å². The highest BCUT2D eigenvalue weighted by atomic mass is 16.3. The molecular weight excluding hydrogens is 440 g/mol. The third-order valence-corrected chi connectivity index (χ3v) is 8.04. The van der Waals surface area contributed by atoms with Gasteiger partial charge < -0.3 is 19.1 Å². The number of pyridine rings is 1. The maximum atomic E-state index is 13.2. The number of rotatable bonds is 4. The molecule has 1 atom stereocenters. The van der Waals surface area contributed by atoms with Crippen molar-refractivity contribution < 1.29 is 14.0 Å². The fraction of sp³-hybridized carbons (Fsp3) is 0.393. The normalized spacial score (nSPS) is 21.3. The summed E-state index contributed by atoms with van der Waals surface area (Å²) in [4.78, 5) is 37.0. The predicted molar refractivity (Wildman–Crippen MR) is 133 cm³/mol. The highest BCUT2D eigenvalue weighted by Crippen LogP contribution is 2.60. The topological polar surface area (TPSA) is 69.9 Å². The quantitative estimate of drug-likeness (QED) is 0.578. The molecule has 6 rings (SSSR count). The van der Waals surface area contributed by atoms with E-state index in [4.69, 9.17) is 4.42 Å². The molecule has 3 aromatic rings. The standard InChI is InChI=1S/C28H30N4O3/c33-26(22-8-6-21(7-9-22)24-4-3-19-35-24)31-13-10-28(11-14-31)20-23(28)27(34)32-17-15-30(16-18-32)25-5-1-2-12-29-25/h1-9,12,19,23H,10-11,13-18,20H2. The average Bonchev–Trinajstić information content (AvgIpc) is 3.34.